The van der Waals surface area contributed by atoms with Crippen LogP contribution >= 0.6 is 0 Å². The molecule has 3 N–H and O–H groups in total. The Morgan fingerprint density at radius 2 is 1.20 bits per heavy atom. The van der Waals surface area contributed by atoms with Crippen LogP contribution in [0.5, 0.6) is 11.5 Å². The quantitative estimate of drug-likeness (QED) is 0.180. The Labute approximate surface area is 279 Å². The minimum Gasteiger partial charge on any atom is -0.514 e. The number of fused-ring (bicyclic) bond motifs is 2. The van der Waals surface area contributed by atoms with Gasteiger partial charge in [-0.3, -0.25) is 0 Å². The zero-order valence-corrected chi connectivity index (χ0v) is 28.9. The van der Waals surface area contributed by atoms with Crippen molar-refractivity contribution in [2.75, 3.05) is 26.6 Å². The molecule has 6 nitrogen and oxygen atoms in total. The van der Waals surface area contributed by atoms with Crippen molar-refractivity contribution in [3.8, 4) is 11.5 Å². The summed E-state index contributed by atoms with van der Waals surface area (Å²) < 4.78 is 28.5. The number of nitrogens with zero attached hydrogens (tertiary/aromatic N) is 3. The van der Waals surface area contributed by atoms with Crippen molar-refractivity contribution in [3.63, 3.8) is 0 Å². The van der Waals surface area contributed by atoms with Gasteiger partial charge in [0.15, 0.2) is 0 Å². The van der Waals surface area contributed by atoms with E-state index in [1.165, 1.54) is 12.1 Å². The number of phenols is 2. The van der Waals surface area contributed by atoms with Gasteiger partial charge in [-0.2, -0.15) is 6.67 Å². The van der Waals surface area contributed by atoms with Gasteiger partial charge >= 0.3 is 21.1 Å². The SMILES string of the molecule is CC(C)(C)c1ccc(O)c(N2[CH-]Nc3cccc(F)c32)c1.CCN1[CH-]N(c2cc(C(C)(C)C)ccc2O)c2c(F)cccc21.[Pt+2]. The van der Waals surface area contributed by atoms with Crippen LogP contribution in [-0.2, 0) is 31.9 Å². The fraction of sp³-hybridized carbons (Fsp3) is 0.278. The third-order valence-corrected chi connectivity index (χ3v) is 7.89. The summed E-state index contributed by atoms with van der Waals surface area (Å²) in [6.07, 6.45) is 0. The monoisotopic (exact) mass is 793 g/mol. The molecule has 0 aliphatic carbocycles. The van der Waals surface area contributed by atoms with Crippen LogP contribution in [0.2, 0.25) is 0 Å². The first-order valence-electron chi connectivity index (χ1n) is 14.7. The summed E-state index contributed by atoms with van der Waals surface area (Å²) in [5.41, 5.74) is 5.65. The molecule has 0 radical (unpaired) electrons. The van der Waals surface area contributed by atoms with Gasteiger partial charge < -0.3 is 30.2 Å². The zero-order chi connectivity index (χ0) is 32.0. The number of para-hydroxylation sites is 2. The molecule has 4 aromatic rings. The van der Waals surface area contributed by atoms with Crippen molar-refractivity contribution >= 4 is 34.1 Å². The molecule has 2 aliphatic rings. The van der Waals surface area contributed by atoms with Crippen LogP contribution < -0.4 is 20.0 Å². The third-order valence-electron chi connectivity index (χ3n) is 7.89. The van der Waals surface area contributed by atoms with E-state index in [0.29, 0.717) is 28.4 Å². The van der Waals surface area contributed by atoms with Crippen LogP contribution in [0.4, 0.5) is 42.9 Å². The van der Waals surface area contributed by atoms with E-state index in [2.05, 4.69) is 46.9 Å². The van der Waals surface area contributed by atoms with Crippen LogP contribution in [-0.4, -0.2) is 16.8 Å². The van der Waals surface area contributed by atoms with Gasteiger partial charge in [-0.25, -0.2) is 8.78 Å². The normalized spacial score (nSPS) is 13.8. The average Bonchev–Trinajstić information content (AvgIpc) is 3.56. The largest absolute Gasteiger partial charge is 2.00 e. The molecular weight excluding hydrogens is 753 g/mol. The smallest absolute Gasteiger partial charge is 0.514 e. The number of anilines is 6. The number of aromatic hydroxyl groups is 2. The first kappa shape index (κ1) is 34.1. The summed E-state index contributed by atoms with van der Waals surface area (Å²) in [4.78, 5) is 5.36. The van der Waals surface area contributed by atoms with Gasteiger partial charge in [-0.1, -0.05) is 65.8 Å². The van der Waals surface area contributed by atoms with Crippen molar-refractivity contribution in [2.45, 2.75) is 59.3 Å². The number of hydrogen-bond acceptors (Lipinski definition) is 6. The van der Waals surface area contributed by atoms with Crippen LogP contribution in [0.15, 0.2) is 72.8 Å². The van der Waals surface area contributed by atoms with E-state index in [4.69, 9.17) is 0 Å². The second kappa shape index (κ2) is 12.9. The van der Waals surface area contributed by atoms with E-state index < -0.39 is 0 Å². The molecule has 0 atom stereocenters. The predicted octanol–water partition coefficient (Wildman–Crippen LogP) is 9.44. The summed E-state index contributed by atoms with van der Waals surface area (Å²) in [7, 11) is 0. The standard InChI is InChI=1S/C19H22FN2O.C17H18FN2O.Pt/c1-5-21-12-22(18-14(20)7-6-8-15(18)21)16-11-13(19(2,3)4)9-10-17(16)23;1-17(2,3)11-7-8-15(21)14(9-11)20-10-19-13-6-4-5-12(18)16(13)20;/h6-12,23H,5H2,1-4H3;4-10,19,21H,1-3H3;/q2*-1;+2. The van der Waals surface area contributed by atoms with Gasteiger partial charge in [0.05, 0.1) is 22.7 Å². The Hall–Kier alpha value is -3.77. The van der Waals surface area contributed by atoms with Gasteiger partial charge in [0.25, 0.3) is 0 Å². The summed E-state index contributed by atoms with van der Waals surface area (Å²) in [6.45, 7) is 18.9. The maximum Gasteiger partial charge on any atom is 2.00 e. The molecule has 0 spiro atoms. The van der Waals surface area contributed by atoms with Crippen molar-refractivity contribution in [1.82, 2.24) is 0 Å². The second-order valence-corrected chi connectivity index (χ2v) is 13.1. The van der Waals surface area contributed by atoms with Crippen LogP contribution in [0.1, 0.15) is 59.6 Å². The summed E-state index contributed by atoms with van der Waals surface area (Å²) >= 11 is 0. The fourth-order valence-electron chi connectivity index (χ4n) is 5.30. The molecule has 2 aliphatic heterocycles. The Balaban J connectivity index is 0.000000201. The molecule has 240 valence electrons. The fourth-order valence-corrected chi connectivity index (χ4v) is 5.30. The third kappa shape index (κ3) is 6.76. The number of nitrogens with one attached hydrogen (secondary N) is 1. The second-order valence-electron chi connectivity index (χ2n) is 13.1. The Kier molecular flexibility index (Phi) is 9.79. The Morgan fingerprint density at radius 3 is 1.73 bits per heavy atom. The molecule has 0 saturated carbocycles. The molecule has 9 heteroatoms. The molecule has 0 aromatic heterocycles. The Bertz CT molecular complexity index is 1680. The molecule has 45 heavy (non-hydrogen) atoms. The minimum absolute atomic E-state index is 0. The van der Waals surface area contributed by atoms with Gasteiger partial charge in [0.1, 0.15) is 23.1 Å². The topological polar surface area (TPSA) is 62.2 Å². The molecule has 0 unspecified atom stereocenters. The first-order chi connectivity index (χ1) is 20.7. The molecule has 4 aromatic carbocycles. The Morgan fingerprint density at radius 1 is 0.689 bits per heavy atom. The number of hydrogen-bond donors (Lipinski definition) is 3. The molecule has 0 bridgehead atoms. The van der Waals surface area contributed by atoms with E-state index in [0.717, 1.165) is 23.4 Å². The maximum atomic E-state index is 14.4. The van der Waals surface area contributed by atoms with E-state index in [-0.39, 0.29) is 55.0 Å². The summed E-state index contributed by atoms with van der Waals surface area (Å²) in [5, 5.41) is 23.5. The van der Waals surface area contributed by atoms with E-state index in [1.54, 1.807) is 46.8 Å². The molecule has 0 fully saturated rings. The number of benzene rings is 4. The van der Waals surface area contributed by atoms with E-state index in [1.807, 2.05) is 48.8 Å². The van der Waals surface area contributed by atoms with E-state index >= 15 is 0 Å². The molecule has 0 saturated heterocycles. The van der Waals surface area contributed by atoms with Crippen molar-refractivity contribution in [1.29, 1.82) is 0 Å². The van der Waals surface area contributed by atoms with Gasteiger partial charge in [-0.15, -0.1) is 6.67 Å². The van der Waals surface area contributed by atoms with Crippen LogP contribution in [0.3, 0.4) is 0 Å². The predicted molar refractivity (Wildman–Crippen MR) is 176 cm³/mol. The van der Waals surface area contributed by atoms with Crippen LogP contribution in [0, 0.1) is 25.0 Å². The number of halogens is 2. The van der Waals surface area contributed by atoms with E-state index in [9.17, 15) is 19.0 Å². The molecular formula is C36H40F2N4O2Pt. The number of rotatable bonds is 3. The molecule has 6 rings (SSSR count). The number of phenolic OH excluding ortho intramolecular Hbond substituents is 2. The zero-order valence-electron chi connectivity index (χ0n) is 26.6. The van der Waals surface area contributed by atoms with Gasteiger partial charge in [0.2, 0.25) is 0 Å². The van der Waals surface area contributed by atoms with Gasteiger partial charge in [0, 0.05) is 11.4 Å². The molecule has 2 heterocycles. The van der Waals surface area contributed by atoms with Crippen molar-refractivity contribution in [2.24, 2.45) is 0 Å². The molecule has 0 amide bonds. The minimum atomic E-state index is -0.325. The van der Waals surface area contributed by atoms with Crippen LogP contribution in [0.25, 0.3) is 0 Å². The maximum absolute atomic E-state index is 14.4. The van der Waals surface area contributed by atoms with Crippen molar-refractivity contribution < 1.29 is 40.1 Å². The summed E-state index contributed by atoms with van der Waals surface area (Å²) in [5.74, 6) is -0.358. The average molecular weight is 794 g/mol. The van der Waals surface area contributed by atoms with Crippen molar-refractivity contribution in [3.05, 3.63) is 109 Å². The van der Waals surface area contributed by atoms with Gasteiger partial charge in [-0.05, 0) is 84.0 Å². The first-order valence-corrected chi connectivity index (χ1v) is 14.7. The summed E-state index contributed by atoms with van der Waals surface area (Å²) in [6, 6.07) is 20.9.